The minimum absolute atomic E-state index is 0.161. The zero-order valence-electron chi connectivity index (χ0n) is 12.6. The highest BCUT2D eigenvalue weighted by atomic mass is 35.5. The molecule has 23 heavy (non-hydrogen) atoms. The molecule has 0 fully saturated rings. The van der Waals surface area contributed by atoms with Gasteiger partial charge < -0.3 is 4.74 Å². The van der Waals surface area contributed by atoms with Gasteiger partial charge in [-0.15, -0.1) is 10.2 Å². The molecule has 0 aliphatic carbocycles. The molecule has 1 aromatic heterocycles. The summed E-state index contributed by atoms with van der Waals surface area (Å²) in [6, 6.07) is 4.83. The van der Waals surface area contributed by atoms with Crippen LogP contribution >= 0.6 is 34.5 Å². The van der Waals surface area contributed by atoms with Crippen LogP contribution < -0.4 is 10.1 Å². The van der Waals surface area contributed by atoms with Crippen LogP contribution in [0.15, 0.2) is 18.2 Å². The standard InChI is InChI=1S/C15H17Cl2N3O2S/c1-2-3-4-5-14-19-20-15(23-14)18-13(21)9-22-12-7-6-10(16)8-11(12)17/h6-8H,2-5,9H2,1H3,(H,18,20,21). The molecule has 2 aromatic rings. The minimum Gasteiger partial charge on any atom is -0.482 e. The third-order valence-corrected chi connectivity index (χ3v) is 4.39. The fourth-order valence-corrected chi connectivity index (χ4v) is 3.08. The van der Waals surface area contributed by atoms with Crippen molar-refractivity contribution in [3.63, 3.8) is 0 Å². The number of aryl methyl sites for hydroxylation is 1. The minimum atomic E-state index is -0.313. The number of hydrogen-bond donors (Lipinski definition) is 1. The van der Waals surface area contributed by atoms with Crippen LogP contribution in [0.4, 0.5) is 5.13 Å². The molecule has 0 aliphatic rings. The molecule has 1 amide bonds. The predicted molar refractivity (Wildman–Crippen MR) is 93.7 cm³/mol. The predicted octanol–water partition coefficient (Wildman–Crippen LogP) is 4.60. The molecule has 1 N–H and O–H groups in total. The Kier molecular flexibility index (Phi) is 7.08. The maximum absolute atomic E-state index is 11.9. The van der Waals surface area contributed by atoms with Gasteiger partial charge in [-0.05, 0) is 24.6 Å². The van der Waals surface area contributed by atoms with E-state index in [0.29, 0.717) is 20.9 Å². The number of unbranched alkanes of at least 4 members (excludes halogenated alkanes) is 2. The van der Waals surface area contributed by atoms with Gasteiger partial charge in [0.1, 0.15) is 10.8 Å². The Labute approximate surface area is 149 Å². The Bertz CT molecular complexity index is 664. The van der Waals surface area contributed by atoms with Crippen molar-refractivity contribution in [3.05, 3.63) is 33.3 Å². The molecule has 8 heteroatoms. The molecule has 0 atom stereocenters. The van der Waals surface area contributed by atoms with Crippen molar-refractivity contribution in [2.75, 3.05) is 11.9 Å². The number of carbonyl (C=O) groups excluding carboxylic acids is 1. The number of halogens is 2. The van der Waals surface area contributed by atoms with Crippen LogP contribution in [0.2, 0.25) is 10.0 Å². The normalized spacial score (nSPS) is 10.6. The number of benzene rings is 1. The number of hydrogen-bond acceptors (Lipinski definition) is 5. The second-order valence-corrected chi connectivity index (χ2v) is 6.78. The molecule has 2 rings (SSSR count). The fourth-order valence-electron chi connectivity index (χ4n) is 1.82. The van der Waals surface area contributed by atoms with E-state index in [2.05, 4.69) is 22.4 Å². The van der Waals surface area contributed by atoms with Crippen LogP contribution in [0.5, 0.6) is 5.75 Å². The van der Waals surface area contributed by atoms with Crippen LogP contribution in [-0.2, 0) is 11.2 Å². The third-order valence-electron chi connectivity index (χ3n) is 2.96. The first kappa shape index (κ1) is 18.0. The SMILES string of the molecule is CCCCCc1nnc(NC(=O)COc2ccc(Cl)cc2Cl)s1. The van der Waals surface area contributed by atoms with E-state index in [1.807, 2.05) is 0 Å². The van der Waals surface area contributed by atoms with Crippen molar-refractivity contribution in [3.8, 4) is 5.75 Å². The highest BCUT2D eigenvalue weighted by Gasteiger charge is 2.10. The van der Waals surface area contributed by atoms with Gasteiger partial charge in [-0.1, -0.05) is 54.3 Å². The van der Waals surface area contributed by atoms with Gasteiger partial charge in [0.05, 0.1) is 5.02 Å². The lowest BCUT2D eigenvalue weighted by Gasteiger charge is -2.07. The lowest BCUT2D eigenvalue weighted by atomic mass is 10.2. The Morgan fingerprint density at radius 3 is 2.87 bits per heavy atom. The van der Waals surface area contributed by atoms with Gasteiger partial charge in [0.2, 0.25) is 5.13 Å². The number of nitrogens with zero attached hydrogens (tertiary/aromatic N) is 2. The number of carbonyl (C=O) groups is 1. The molecular formula is C15H17Cl2N3O2S. The lowest BCUT2D eigenvalue weighted by Crippen LogP contribution is -2.20. The average molecular weight is 374 g/mol. The lowest BCUT2D eigenvalue weighted by molar-refractivity contribution is -0.118. The van der Waals surface area contributed by atoms with Gasteiger partial charge in [0.15, 0.2) is 6.61 Å². The first-order valence-electron chi connectivity index (χ1n) is 7.28. The molecule has 124 valence electrons. The van der Waals surface area contributed by atoms with Gasteiger partial charge in [0, 0.05) is 11.4 Å². The molecule has 0 bridgehead atoms. The summed E-state index contributed by atoms with van der Waals surface area (Å²) in [5, 5.41) is 13.0. The summed E-state index contributed by atoms with van der Waals surface area (Å²) in [7, 11) is 0. The molecule has 1 heterocycles. The highest BCUT2D eigenvalue weighted by molar-refractivity contribution is 7.15. The first-order chi connectivity index (χ1) is 11.1. The summed E-state index contributed by atoms with van der Waals surface area (Å²) in [6.45, 7) is 1.99. The van der Waals surface area contributed by atoms with Gasteiger partial charge in [-0.3, -0.25) is 10.1 Å². The van der Waals surface area contributed by atoms with Crippen molar-refractivity contribution in [2.24, 2.45) is 0 Å². The zero-order chi connectivity index (χ0) is 16.7. The summed E-state index contributed by atoms with van der Waals surface area (Å²) in [5.41, 5.74) is 0. The van der Waals surface area contributed by atoms with Crippen LogP contribution in [0, 0.1) is 0 Å². The van der Waals surface area contributed by atoms with Gasteiger partial charge in [-0.25, -0.2) is 0 Å². The van der Waals surface area contributed by atoms with E-state index in [1.165, 1.54) is 11.3 Å². The van der Waals surface area contributed by atoms with E-state index in [9.17, 15) is 4.79 Å². The monoisotopic (exact) mass is 373 g/mol. The number of amides is 1. The largest absolute Gasteiger partial charge is 0.482 e. The van der Waals surface area contributed by atoms with Crippen LogP contribution in [0.3, 0.4) is 0 Å². The Morgan fingerprint density at radius 2 is 2.13 bits per heavy atom. The summed E-state index contributed by atoms with van der Waals surface area (Å²) >= 11 is 13.2. The molecule has 1 aromatic carbocycles. The van der Waals surface area contributed by atoms with Crippen molar-refractivity contribution < 1.29 is 9.53 Å². The zero-order valence-corrected chi connectivity index (χ0v) is 15.0. The third kappa shape index (κ3) is 5.97. The fraction of sp³-hybridized carbons (Fsp3) is 0.400. The number of aromatic nitrogens is 2. The molecule has 0 unspecified atom stereocenters. The second-order valence-electron chi connectivity index (χ2n) is 4.87. The Morgan fingerprint density at radius 1 is 1.30 bits per heavy atom. The van der Waals surface area contributed by atoms with E-state index >= 15 is 0 Å². The van der Waals surface area contributed by atoms with Crippen LogP contribution in [0.1, 0.15) is 31.2 Å². The highest BCUT2D eigenvalue weighted by Crippen LogP contribution is 2.27. The summed E-state index contributed by atoms with van der Waals surface area (Å²) in [5.74, 6) is 0.0935. The summed E-state index contributed by atoms with van der Waals surface area (Å²) in [6.07, 6.45) is 4.29. The van der Waals surface area contributed by atoms with Crippen molar-refractivity contribution >= 4 is 45.6 Å². The first-order valence-corrected chi connectivity index (χ1v) is 8.86. The maximum Gasteiger partial charge on any atom is 0.264 e. The maximum atomic E-state index is 11.9. The molecule has 0 radical (unpaired) electrons. The number of ether oxygens (including phenoxy) is 1. The van der Waals surface area contributed by atoms with E-state index in [0.717, 1.165) is 30.7 Å². The van der Waals surface area contributed by atoms with Crippen molar-refractivity contribution in [2.45, 2.75) is 32.6 Å². The van der Waals surface area contributed by atoms with Gasteiger partial charge >= 0.3 is 0 Å². The van der Waals surface area contributed by atoms with Crippen LogP contribution in [0.25, 0.3) is 0 Å². The quantitative estimate of drug-likeness (QED) is 0.686. The van der Waals surface area contributed by atoms with E-state index in [-0.39, 0.29) is 12.5 Å². The number of rotatable bonds is 8. The topological polar surface area (TPSA) is 64.1 Å². The Balaban J connectivity index is 1.80. The molecule has 0 saturated heterocycles. The second kappa shape index (κ2) is 9.05. The molecule has 5 nitrogen and oxygen atoms in total. The van der Waals surface area contributed by atoms with Gasteiger partial charge in [-0.2, -0.15) is 0 Å². The molecule has 0 saturated carbocycles. The van der Waals surface area contributed by atoms with Crippen molar-refractivity contribution in [1.29, 1.82) is 0 Å². The molecule has 0 aliphatic heterocycles. The van der Waals surface area contributed by atoms with Crippen molar-refractivity contribution in [1.82, 2.24) is 10.2 Å². The number of anilines is 1. The summed E-state index contributed by atoms with van der Waals surface area (Å²) < 4.78 is 5.37. The molecule has 0 spiro atoms. The van der Waals surface area contributed by atoms with Crippen LogP contribution in [-0.4, -0.2) is 22.7 Å². The molecular weight excluding hydrogens is 357 g/mol. The Hall–Kier alpha value is -1.37. The van der Waals surface area contributed by atoms with E-state index in [4.69, 9.17) is 27.9 Å². The van der Waals surface area contributed by atoms with E-state index < -0.39 is 0 Å². The smallest absolute Gasteiger partial charge is 0.264 e. The number of nitrogens with one attached hydrogen (secondary N) is 1. The van der Waals surface area contributed by atoms with Gasteiger partial charge in [0.25, 0.3) is 5.91 Å². The summed E-state index contributed by atoms with van der Waals surface area (Å²) in [4.78, 5) is 11.9. The van der Waals surface area contributed by atoms with E-state index in [1.54, 1.807) is 18.2 Å². The average Bonchev–Trinajstić information content (AvgIpc) is 2.94.